The summed E-state index contributed by atoms with van der Waals surface area (Å²) in [6.45, 7) is 3.10. The number of ether oxygens (including phenoxy) is 1. The Labute approximate surface area is 125 Å². The topological polar surface area (TPSA) is 47.3 Å². The lowest BCUT2D eigenvalue weighted by atomic mass is 9.74. The van der Waals surface area contributed by atoms with Crippen molar-refractivity contribution in [3.05, 3.63) is 30.1 Å². The van der Waals surface area contributed by atoms with Crippen molar-refractivity contribution in [3.8, 4) is 0 Å². The van der Waals surface area contributed by atoms with E-state index in [1.165, 1.54) is 0 Å². The predicted molar refractivity (Wildman–Crippen MR) is 83.3 cm³/mol. The van der Waals surface area contributed by atoms with Gasteiger partial charge < -0.3 is 14.4 Å². The van der Waals surface area contributed by atoms with Crippen LogP contribution < -0.4 is 0 Å². The third-order valence-corrected chi connectivity index (χ3v) is 4.77. The molecule has 1 unspecified atom stereocenters. The van der Waals surface area contributed by atoms with E-state index in [9.17, 15) is 5.11 Å². The largest absolute Gasteiger partial charge is 0.390 e. The summed E-state index contributed by atoms with van der Waals surface area (Å²) in [4.78, 5) is 4.72. The Morgan fingerprint density at radius 1 is 1.38 bits per heavy atom. The number of hydrogen-bond donors (Lipinski definition) is 1. The van der Waals surface area contributed by atoms with Crippen LogP contribution in [0.25, 0.3) is 11.0 Å². The first-order chi connectivity index (χ1) is 10.2. The normalized spacial score (nSPS) is 18.6. The zero-order valence-corrected chi connectivity index (χ0v) is 12.9. The first kappa shape index (κ1) is 14.5. The molecule has 0 radical (unpaired) electrons. The summed E-state index contributed by atoms with van der Waals surface area (Å²) < 4.78 is 7.83. The molecule has 0 amide bonds. The van der Waals surface area contributed by atoms with Crippen molar-refractivity contribution in [1.29, 1.82) is 0 Å². The number of methoxy groups -OCH3 is 1. The minimum absolute atomic E-state index is 0.352. The average molecular weight is 288 g/mol. The number of aliphatic hydroxyl groups excluding tert-OH is 1. The van der Waals surface area contributed by atoms with Gasteiger partial charge in [0.1, 0.15) is 5.82 Å². The van der Waals surface area contributed by atoms with Gasteiger partial charge in [-0.3, -0.25) is 0 Å². The maximum absolute atomic E-state index is 10.6. The van der Waals surface area contributed by atoms with E-state index < -0.39 is 6.10 Å². The molecule has 0 spiro atoms. The molecular weight excluding hydrogens is 264 g/mol. The van der Waals surface area contributed by atoms with Crippen LogP contribution in [-0.4, -0.2) is 33.5 Å². The first-order valence-electron chi connectivity index (χ1n) is 7.87. The standard InChI is InChI=1S/C17H24N2O2/c1-3-11-19-14-8-5-4-7-13(14)18-16(19)12-15(20)17(21-2)9-6-10-17/h4-5,7-8,15,20H,3,6,9-12H2,1-2H3. The zero-order chi connectivity index (χ0) is 14.9. The molecule has 21 heavy (non-hydrogen) atoms. The van der Waals surface area contributed by atoms with Gasteiger partial charge in [-0.15, -0.1) is 0 Å². The highest BCUT2D eigenvalue weighted by molar-refractivity contribution is 5.75. The average Bonchev–Trinajstić information content (AvgIpc) is 2.77. The van der Waals surface area contributed by atoms with E-state index in [0.29, 0.717) is 6.42 Å². The lowest BCUT2D eigenvalue weighted by Gasteiger charge is -2.44. The van der Waals surface area contributed by atoms with Crippen LogP contribution in [0.4, 0.5) is 0 Å². The third-order valence-electron chi connectivity index (χ3n) is 4.77. The summed E-state index contributed by atoms with van der Waals surface area (Å²) in [6.07, 6.45) is 4.15. The number of aryl methyl sites for hydroxylation is 1. The Hall–Kier alpha value is -1.39. The van der Waals surface area contributed by atoms with Crippen LogP contribution >= 0.6 is 0 Å². The second-order valence-corrected chi connectivity index (χ2v) is 6.01. The molecule has 3 rings (SSSR count). The number of nitrogens with zero attached hydrogens (tertiary/aromatic N) is 2. The minimum Gasteiger partial charge on any atom is -0.390 e. The number of rotatable bonds is 6. The predicted octanol–water partition coefficient (Wildman–Crippen LogP) is 2.92. The molecule has 2 aromatic rings. The Bertz CT molecular complexity index is 611. The number of imidazole rings is 1. The van der Waals surface area contributed by atoms with Gasteiger partial charge in [-0.25, -0.2) is 4.98 Å². The van der Waals surface area contributed by atoms with E-state index in [0.717, 1.165) is 49.1 Å². The Morgan fingerprint density at radius 3 is 2.76 bits per heavy atom. The van der Waals surface area contributed by atoms with Crippen molar-refractivity contribution in [3.63, 3.8) is 0 Å². The van der Waals surface area contributed by atoms with Crippen molar-refractivity contribution >= 4 is 11.0 Å². The molecular formula is C17H24N2O2. The maximum atomic E-state index is 10.6. The molecule has 1 atom stereocenters. The van der Waals surface area contributed by atoms with Gasteiger partial charge in [0.25, 0.3) is 0 Å². The van der Waals surface area contributed by atoms with Gasteiger partial charge in [0.2, 0.25) is 0 Å². The number of aliphatic hydroxyl groups is 1. The fourth-order valence-electron chi connectivity index (χ4n) is 3.31. The molecule has 0 bridgehead atoms. The molecule has 1 saturated carbocycles. The molecule has 1 N–H and O–H groups in total. The van der Waals surface area contributed by atoms with Gasteiger partial charge in [0.15, 0.2) is 0 Å². The van der Waals surface area contributed by atoms with Crippen molar-refractivity contribution in [2.75, 3.05) is 7.11 Å². The quantitative estimate of drug-likeness (QED) is 0.889. The van der Waals surface area contributed by atoms with E-state index in [1.54, 1.807) is 7.11 Å². The van der Waals surface area contributed by atoms with Crippen LogP contribution in [0.2, 0.25) is 0 Å². The van der Waals surface area contributed by atoms with Crippen LogP contribution in [0.1, 0.15) is 38.4 Å². The number of hydrogen-bond acceptors (Lipinski definition) is 3. The second kappa shape index (κ2) is 5.78. The third kappa shape index (κ3) is 2.47. The number of fused-ring (bicyclic) bond motifs is 1. The van der Waals surface area contributed by atoms with E-state index in [4.69, 9.17) is 9.72 Å². The molecule has 114 valence electrons. The second-order valence-electron chi connectivity index (χ2n) is 6.01. The summed E-state index contributed by atoms with van der Waals surface area (Å²) in [7, 11) is 1.71. The van der Waals surface area contributed by atoms with Crippen LogP contribution in [0.15, 0.2) is 24.3 Å². The molecule has 1 aliphatic carbocycles. The van der Waals surface area contributed by atoms with Crippen molar-refractivity contribution < 1.29 is 9.84 Å². The highest BCUT2D eigenvalue weighted by atomic mass is 16.5. The SMILES string of the molecule is CCCn1c(CC(O)C2(OC)CCC2)nc2ccccc21. The molecule has 0 aliphatic heterocycles. The van der Waals surface area contributed by atoms with Gasteiger partial charge in [-0.2, -0.15) is 0 Å². The first-order valence-corrected chi connectivity index (χ1v) is 7.87. The van der Waals surface area contributed by atoms with Gasteiger partial charge in [0, 0.05) is 20.1 Å². The molecule has 1 aromatic carbocycles. The summed E-state index contributed by atoms with van der Waals surface area (Å²) in [5, 5.41) is 10.6. The Kier molecular flexibility index (Phi) is 4.00. The van der Waals surface area contributed by atoms with Crippen molar-refractivity contribution in [1.82, 2.24) is 9.55 Å². The van der Waals surface area contributed by atoms with Gasteiger partial charge in [-0.1, -0.05) is 19.1 Å². The molecule has 1 heterocycles. The fourth-order valence-corrected chi connectivity index (χ4v) is 3.31. The molecule has 1 aromatic heterocycles. The van der Waals surface area contributed by atoms with Gasteiger partial charge in [0.05, 0.1) is 22.7 Å². The number of benzene rings is 1. The molecule has 1 fully saturated rings. The lowest BCUT2D eigenvalue weighted by Crippen LogP contribution is -2.51. The number of para-hydroxylation sites is 2. The van der Waals surface area contributed by atoms with Crippen molar-refractivity contribution in [2.24, 2.45) is 0 Å². The monoisotopic (exact) mass is 288 g/mol. The summed E-state index contributed by atoms with van der Waals surface area (Å²) in [5.41, 5.74) is 1.81. The molecule has 4 heteroatoms. The fraction of sp³-hybridized carbons (Fsp3) is 0.588. The van der Waals surface area contributed by atoms with E-state index in [-0.39, 0.29) is 5.60 Å². The number of aromatic nitrogens is 2. The Morgan fingerprint density at radius 2 is 2.14 bits per heavy atom. The van der Waals surface area contributed by atoms with E-state index in [1.807, 2.05) is 18.2 Å². The van der Waals surface area contributed by atoms with Crippen LogP contribution in [-0.2, 0) is 17.7 Å². The van der Waals surface area contributed by atoms with Crippen LogP contribution in [0.5, 0.6) is 0 Å². The molecule has 1 aliphatic rings. The summed E-state index contributed by atoms with van der Waals surface area (Å²) in [5.74, 6) is 0.967. The summed E-state index contributed by atoms with van der Waals surface area (Å²) >= 11 is 0. The zero-order valence-electron chi connectivity index (χ0n) is 12.9. The smallest absolute Gasteiger partial charge is 0.112 e. The van der Waals surface area contributed by atoms with Crippen molar-refractivity contribution in [2.45, 2.75) is 57.3 Å². The van der Waals surface area contributed by atoms with Crippen LogP contribution in [0, 0.1) is 0 Å². The van der Waals surface area contributed by atoms with E-state index in [2.05, 4.69) is 17.6 Å². The maximum Gasteiger partial charge on any atom is 0.112 e. The highest BCUT2D eigenvalue weighted by Gasteiger charge is 2.44. The summed E-state index contributed by atoms with van der Waals surface area (Å²) in [6, 6.07) is 8.18. The Balaban J connectivity index is 1.90. The molecule has 4 nitrogen and oxygen atoms in total. The highest BCUT2D eigenvalue weighted by Crippen LogP contribution is 2.39. The van der Waals surface area contributed by atoms with E-state index >= 15 is 0 Å². The van der Waals surface area contributed by atoms with Crippen LogP contribution in [0.3, 0.4) is 0 Å². The van der Waals surface area contributed by atoms with Gasteiger partial charge in [-0.05, 0) is 37.8 Å². The molecule has 0 saturated heterocycles. The lowest BCUT2D eigenvalue weighted by molar-refractivity contribution is -0.149. The van der Waals surface area contributed by atoms with Gasteiger partial charge >= 0.3 is 0 Å². The minimum atomic E-state index is -0.483.